The van der Waals surface area contributed by atoms with Crippen LogP contribution in [0.2, 0.25) is 0 Å². The number of esters is 3. The number of urea groups is 1. The fourth-order valence-corrected chi connectivity index (χ4v) is 2.71. The van der Waals surface area contributed by atoms with Crippen LogP contribution in [0.15, 0.2) is 22.5 Å². The monoisotopic (exact) mass is 425 g/mol. The first-order chi connectivity index (χ1) is 14.0. The molecule has 1 aliphatic rings. The molecule has 3 amide bonds. The number of carbonyl (C=O) groups is 5. The minimum atomic E-state index is -1.46. The number of allylic oxidation sites excluding steroid dienone is 2. The normalized spacial score (nSPS) is 14.1. The SMILES string of the molecule is COC(=O)C1=C(C)NC(C)=C(C(=O)OC)C1C(=O)OCC(=O)NC(=O)NCC(C)C. The van der Waals surface area contributed by atoms with Gasteiger partial charge in [0.05, 0.1) is 25.4 Å². The van der Waals surface area contributed by atoms with Gasteiger partial charge in [-0.25, -0.2) is 14.4 Å². The third-order valence-electron chi connectivity index (χ3n) is 4.08. The molecule has 1 rings (SSSR count). The second-order valence-electron chi connectivity index (χ2n) is 6.88. The lowest BCUT2D eigenvalue weighted by Crippen LogP contribution is -2.43. The van der Waals surface area contributed by atoms with E-state index in [1.807, 2.05) is 19.2 Å². The molecule has 0 aromatic carbocycles. The summed E-state index contributed by atoms with van der Waals surface area (Å²) >= 11 is 0. The lowest BCUT2D eigenvalue weighted by Gasteiger charge is -2.28. The average Bonchev–Trinajstić information content (AvgIpc) is 2.68. The summed E-state index contributed by atoms with van der Waals surface area (Å²) in [6.45, 7) is 6.37. The van der Waals surface area contributed by atoms with Crippen molar-refractivity contribution in [1.29, 1.82) is 0 Å². The molecule has 0 aliphatic carbocycles. The summed E-state index contributed by atoms with van der Waals surface area (Å²) in [6, 6.07) is -0.733. The lowest BCUT2D eigenvalue weighted by atomic mass is 9.85. The Morgan fingerprint density at radius 1 is 0.967 bits per heavy atom. The van der Waals surface area contributed by atoms with Crippen molar-refractivity contribution in [2.45, 2.75) is 27.7 Å². The maximum Gasteiger partial charge on any atom is 0.336 e. The molecule has 0 radical (unpaired) electrons. The predicted molar refractivity (Wildman–Crippen MR) is 103 cm³/mol. The van der Waals surface area contributed by atoms with Gasteiger partial charge in [-0.15, -0.1) is 0 Å². The number of dihydropyridines is 1. The minimum absolute atomic E-state index is 0.149. The minimum Gasteiger partial charge on any atom is -0.466 e. The number of ether oxygens (including phenoxy) is 3. The van der Waals surface area contributed by atoms with Crippen molar-refractivity contribution >= 4 is 29.8 Å². The quantitative estimate of drug-likeness (QED) is 0.382. The molecule has 0 fully saturated rings. The molecule has 0 bridgehead atoms. The molecule has 1 aliphatic heterocycles. The van der Waals surface area contributed by atoms with Gasteiger partial charge in [-0.05, 0) is 19.8 Å². The van der Waals surface area contributed by atoms with Crippen LogP contribution in [-0.4, -0.2) is 57.2 Å². The highest BCUT2D eigenvalue weighted by Crippen LogP contribution is 2.32. The van der Waals surface area contributed by atoms with Crippen molar-refractivity contribution in [2.75, 3.05) is 27.4 Å². The number of hydrogen-bond donors (Lipinski definition) is 3. The Balaban J connectivity index is 2.99. The van der Waals surface area contributed by atoms with E-state index in [1.165, 1.54) is 13.8 Å². The van der Waals surface area contributed by atoms with Gasteiger partial charge in [0.1, 0.15) is 5.92 Å². The van der Waals surface area contributed by atoms with Crippen LogP contribution in [0.4, 0.5) is 4.79 Å². The first-order valence-electron chi connectivity index (χ1n) is 9.12. The smallest absolute Gasteiger partial charge is 0.336 e. The summed E-state index contributed by atoms with van der Waals surface area (Å²) in [6.07, 6.45) is 0. The van der Waals surface area contributed by atoms with Gasteiger partial charge in [0, 0.05) is 17.9 Å². The molecule has 0 saturated carbocycles. The van der Waals surface area contributed by atoms with Crippen LogP contribution < -0.4 is 16.0 Å². The number of amides is 3. The van der Waals surface area contributed by atoms with Crippen molar-refractivity contribution in [2.24, 2.45) is 11.8 Å². The molecule has 0 saturated heterocycles. The Morgan fingerprint density at radius 2 is 1.47 bits per heavy atom. The van der Waals surface area contributed by atoms with Crippen molar-refractivity contribution in [3.8, 4) is 0 Å². The first kappa shape index (κ1) is 24.7. The van der Waals surface area contributed by atoms with Gasteiger partial charge in [-0.1, -0.05) is 13.8 Å². The molecule has 11 heteroatoms. The van der Waals surface area contributed by atoms with Crippen molar-refractivity contribution < 1.29 is 38.2 Å². The van der Waals surface area contributed by atoms with Gasteiger partial charge in [-0.2, -0.15) is 0 Å². The Morgan fingerprint density at radius 3 is 1.90 bits per heavy atom. The van der Waals surface area contributed by atoms with Gasteiger partial charge < -0.3 is 24.8 Å². The summed E-state index contributed by atoms with van der Waals surface area (Å²) in [5, 5.41) is 7.32. The Hall–Kier alpha value is -3.37. The van der Waals surface area contributed by atoms with Crippen LogP contribution in [-0.2, 0) is 33.4 Å². The van der Waals surface area contributed by atoms with Crippen LogP contribution in [0.5, 0.6) is 0 Å². The summed E-state index contributed by atoms with van der Waals surface area (Å²) in [5.74, 6) is -4.91. The van der Waals surface area contributed by atoms with Gasteiger partial charge >= 0.3 is 23.9 Å². The molecular formula is C19H27N3O8. The molecule has 1 heterocycles. The van der Waals surface area contributed by atoms with Gasteiger partial charge in [0.15, 0.2) is 6.61 Å². The summed E-state index contributed by atoms with van der Waals surface area (Å²) in [4.78, 5) is 60.7. The average molecular weight is 425 g/mol. The summed E-state index contributed by atoms with van der Waals surface area (Å²) < 4.78 is 14.4. The Bertz CT molecular complexity index is 760. The molecular weight excluding hydrogens is 398 g/mol. The molecule has 30 heavy (non-hydrogen) atoms. The van der Waals surface area contributed by atoms with E-state index in [0.29, 0.717) is 6.54 Å². The maximum atomic E-state index is 12.7. The Labute approximate surface area is 174 Å². The second-order valence-corrected chi connectivity index (χ2v) is 6.88. The van der Waals surface area contributed by atoms with E-state index in [-0.39, 0.29) is 28.5 Å². The third kappa shape index (κ3) is 6.33. The highest BCUT2D eigenvalue weighted by atomic mass is 16.5. The number of carbonyl (C=O) groups excluding carboxylic acids is 5. The number of rotatable bonds is 7. The second kappa shape index (κ2) is 11.0. The maximum absolute atomic E-state index is 12.7. The van der Waals surface area contributed by atoms with Crippen molar-refractivity contribution in [3.63, 3.8) is 0 Å². The number of hydrogen-bond acceptors (Lipinski definition) is 9. The highest BCUT2D eigenvalue weighted by molar-refractivity contribution is 6.06. The van der Waals surface area contributed by atoms with Crippen molar-refractivity contribution in [1.82, 2.24) is 16.0 Å². The van der Waals surface area contributed by atoms with E-state index in [2.05, 4.69) is 10.6 Å². The number of nitrogens with one attached hydrogen (secondary N) is 3. The van der Waals surface area contributed by atoms with E-state index in [1.54, 1.807) is 0 Å². The van der Waals surface area contributed by atoms with Gasteiger partial charge in [0.25, 0.3) is 5.91 Å². The molecule has 0 atom stereocenters. The van der Waals surface area contributed by atoms with E-state index in [9.17, 15) is 24.0 Å². The van der Waals surface area contributed by atoms with Crippen LogP contribution in [0.25, 0.3) is 0 Å². The molecule has 0 unspecified atom stereocenters. The zero-order chi connectivity index (χ0) is 23.0. The largest absolute Gasteiger partial charge is 0.466 e. The van der Waals surface area contributed by atoms with Crippen LogP contribution >= 0.6 is 0 Å². The first-order valence-corrected chi connectivity index (χ1v) is 9.12. The van der Waals surface area contributed by atoms with Crippen LogP contribution in [0.3, 0.4) is 0 Å². The van der Waals surface area contributed by atoms with Crippen LogP contribution in [0, 0.1) is 11.8 Å². The topological polar surface area (TPSA) is 149 Å². The van der Waals surface area contributed by atoms with E-state index >= 15 is 0 Å². The van der Waals surface area contributed by atoms with Crippen molar-refractivity contribution in [3.05, 3.63) is 22.5 Å². The lowest BCUT2D eigenvalue weighted by molar-refractivity contribution is -0.153. The zero-order valence-corrected chi connectivity index (χ0v) is 17.8. The van der Waals surface area contributed by atoms with E-state index < -0.39 is 42.4 Å². The summed E-state index contributed by atoms with van der Waals surface area (Å²) in [7, 11) is 2.24. The molecule has 0 spiro atoms. The zero-order valence-electron chi connectivity index (χ0n) is 17.8. The molecule has 166 valence electrons. The van der Waals surface area contributed by atoms with Gasteiger partial charge in [0.2, 0.25) is 0 Å². The van der Waals surface area contributed by atoms with Crippen LogP contribution in [0.1, 0.15) is 27.7 Å². The highest BCUT2D eigenvalue weighted by Gasteiger charge is 2.42. The predicted octanol–water partition coefficient (Wildman–Crippen LogP) is 0.125. The molecule has 0 aromatic heterocycles. The van der Waals surface area contributed by atoms with E-state index in [0.717, 1.165) is 14.2 Å². The number of methoxy groups -OCH3 is 2. The number of imide groups is 1. The standard InChI is InChI=1S/C19H27N3O8/c1-9(2)7-20-19(27)22-12(23)8-30-18(26)15-13(16(24)28-5)10(3)21-11(4)14(15)17(25)29-6/h9,15,21H,7-8H2,1-6H3,(H2,20,22,23,27). The fourth-order valence-electron chi connectivity index (χ4n) is 2.71. The summed E-state index contributed by atoms with van der Waals surface area (Å²) in [5.41, 5.74) is 0.269. The molecule has 11 nitrogen and oxygen atoms in total. The molecule has 3 N–H and O–H groups in total. The van der Waals surface area contributed by atoms with E-state index in [4.69, 9.17) is 14.2 Å². The molecule has 0 aromatic rings. The Kier molecular flexibility index (Phi) is 9.03. The third-order valence-corrected chi connectivity index (χ3v) is 4.08. The fraction of sp³-hybridized carbons (Fsp3) is 0.526. The van der Waals surface area contributed by atoms with Gasteiger partial charge in [-0.3, -0.25) is 14.9 Å².